The molecule has 1 saturated heterocycles. The fraction of sp³-hybridized carbons (Fsp3) is 0.600. The molecular weight excluding hydrogens is 308 g/mol. The summed E-state index contributed by atoms with van der Waals surface area (Å²) in [6.45, 7) is 4.29. The lowest BCUT2D eigenvalue weighted by Gasteiger charge is -2.37. The first-order chi connectivity index (χ1) is 9.92. The predicted octanol–water partition coefficient (Wildman–Crippen LogP) is 2.17. The third-order valence-corrected chi connectivity index (χ3v) is 6.15. The Bertz CT molecular complexity index is 560. The number of sulfone groups is 1. The van der Waals surface area contributed by atoms with E-state index in [4.69, 9.17) is 17.3 Å². The molecule has 0 aliphatic carbocycles. The van der Waals surface area contributed by atoms with E-state index in [2.05, 4.69) is 11.8 Å². The van der Waals surface area contributed by atoms with Crippen LogP contribution in [0.5, 0.6) is 0 Å². The van der Waals surface area contributed by atoms with Gasteiger partial charge in [0.15, 0.2) is 9.84 Å². The highest BCUT2D eigenvalue weighted by molar-refractivity contribution is 7.91. The topological polar surface area (TPSA) is 63.4 Å². The third kappa shape index (κ3) is 4.42. The van der Waals surface area contributed by atoms with E-state index in [0.717, 1.165) is 19.4 Å². The van der Waals surface area contributed by atoms with Crippen LogP contribution in [0.3, 0.4) is 0 Å². The lowest BCUT2D eigenvalue weighted by atomic mass is 9.92. The predicted molar refractivity (Wildman–Crippen MR) is 86.3 cm³/mol. The largest absolute Gasteiger partial charge is 0.329 e. The first-order valence-electron chi connectivity index (χ1n) is 7.35. The van der Waals surface area contributed by atoms with Gasteiger partial charge >= 0.3 is 0 Å². The minimum Gasteiger partial charge on any atom is -0.329 e. The van der Waals surface area contributed by atoms with Crippen LogP contribution in [-0.4, -0.2) is 44.7 Å². The van der Waals surface area contributed by atoms with Crippen LogP contribution in [0.25, 0.3) is 0 Å². The molecule has 1 heterocycles. The van der Waals surface area contributed by atoms with Crippen molar-refractivity contribution in [3.63, 3.8) is 0 Å². The number of piperidine rings is 1. The van der Waals surface area contributed by atoms with Gasteiger partial charge < -0.3 is 5.73 Å². The molecule has 21 heavy (non-hydrogen) atoms. The highest BCUT2D eigenvalue weighted by Crippen LogP contribution is 2.22. The second-order valence-corrected chi connectivity index (χ2v) is 8.37. The zero-order valence-electron chi connectivity index (χ0n) is 12.3. The molecule has 2 N–H and O–H groups in total. The van der Waals surface area contributed by atoms with Gasteiger partial charge in [0, 0.05) is 24.2 Å². The molecule has 4 nitrogen and oxygen atoms in total. The SMILES string of the molecule is CC1CCN(CCS(=O)(=O)c2ccc(Cl)cc2)C(CN)C1. The maximum atomic E-state index is 12.3. The van der Waals surface area contributed by atoms with Gasteiger partial charge in [-0.2, -0.15) is 0 Å². The van der Waals surface area contributed by atoms with Crippen LogP contribution < -0.4 is 5.73 Å². The summed E-state index contributed by atoms with van der Waals surface area (Å²) in [6.07, 6.45) is 2.16. The van der Waals surface area contributed by atoms with Crippen molar-refractivity contribution in [1.29, 1.82) is 0 Å². The lowest BCUT2D eigenvalue weighted by Crippen LogP contribution is -2.47. The Hall–Kier alpha value is -0.620. The smallest absolute Gasteiger partial charge is 0.179 e. The van der Waals surface area contributed by atoms with E-state index in [-0.39, 0.29) is 5.75 Å². The van der Waals surface area contributed by atoms with Crippen LogP contribution in [-0.2, 0) is 9.84 Å². The maximum Gasteiger partial charge on any atom is 0.179 e. The minimum atomic E-state index is -3.26. The Balaban J connectivity index is 1.99. The Morgan fingerprint density at radius 3 is 2.62 bits per heavy atom. The molecule has 1 aromatic carbocycles. The van der Waals surface area contributed by atoms with Gasteiger partial charge in [-0.25, -0.2) is 8.42 Å². The number of hydrogen-bond acceptors (Lipinski definition) is 4. The molecule has 6 heteroatoms. The van der Waals surface area contributed by atoms with Crippen molar-refractivity contribution in [2.24, 2.45) is 11.7 Å². The first kappa shape index (κ1) is 16.7. The molecule has 118 valence electrons. The zero-order valence-corrected chi connectivity index (χ0v) is 13.9. The van der Waals surface area contributed by atoms with Crippen molar-refractivity contribution in [2.45, 2.75) is 30.7 Å². The molecule has 0 spiro atoms. The zero-order chi connectivity index (χ0) is 15.5. The van der Waals surface area contributed by atoms with Gasteiger partial charge in [-0.1, -0.05) is 18.5 Å². The fourth-order valence-corrected chi connectivity index (χ4v) is 4.22. The summed E-state index contributed by atoms with van der Waals surface area (Å²) in [7, 11) is -3.26. The van der Waals surface area contributed by atoms with E-state index in [0.29, 0.717) is 35.0 Å². The van der Waals surface area contributed by atoms with Gasteiger partial charge in [0.05, 0.1) is 10.6 Å². The van der Waals surface area contributed by atoms with E-state index in [1.54, 1.807) is 24.3 Å². The standard InChI is InChI=1S/C15H23ClN2O2S/c1-12-6-7-18(14(10-12)11-17)8-9-21(19,20)15-4-2-13(16)3-5-15/h2-5,12,14H,6-11,17H2,1H3. The van der Waals surface area contributed by atoms with Crippen molar-refractivity contribution in [3.8, 4) is 0 Å². The van der Waals surface area contributed by atoms with Gasteiger partial charge in [-0.05, 0) is 49.6 Å². The highest BCUT2D eigenvalue weighted by Gasteiger charge is 2.26. The molecule has 1 aliphatic rings. The number of halogens is 1. The van der Waals surface area contributed by atoms with E-state index < -0.39 is 9.84 Å². The van der Waals surface area contributed by atoms with Gasteiger partial charge in [0.1, 0.15) is 0 Å². The number of hydrogen-bond donors (Lipinski definition) is 1. The van der Waals surface area contributed by atoms with E-state index in [1.165, 1.54) is 0 Å². The molecule has 1 aromatic rings. The van der Waals surface area contributed by atoms with Crippen LogP contribution >= 0.6 is 11.6 Å². The lowest BCUT2D eigenvalue weighted by molar-refractivity contribution is 0.130. The maximum absolute atomic E-state index is 12.3. The molecule has 0 amide bonds. The summed E-state index contributed by atoms with van der Waals surface area (Å²) in [5, 5.41) is 0.544. The molecule has 0 saturated carbocycles. The minimum absolute atomic E-state index is 0.125. The molecule has 2 unspecified atom stereocenters. The summed E-state index contributed by atoms with van der Waals surface area (Å²) >= 11 is 5.80. The van der Waals surface area contributed by atoms with E-state index in [9.17, 15) is 8.42 Å². The van der Waals surface area contributed by atoms with Crippen molar-refractivity contribution in [1.82, 2.24) is 4.90 Å². The average Bonchev–Trinajstić information content (AvgIpc) is 2.46. The summed E-state index contributed by atoms with van der Waals surface area (Å²) in [5.74, 6) is 0.794. The second kappa shape index (κ2) is 7.09. The molecule has 2 atom stereocenters. The number of benzene rings is 1. The number of nitrogens with zero attached hydrogens (tertiary/aromatic N) is 1. The first-order valence-corrected chi connectivity index (χ1v) is 9.38. The molecule has 2 rings (SSSR count). The average molecular weight is 331 g/mol. The Labute approximate surface area is 132 Å². The van der Waals surface area contributed by atoms with Gasteiger partial charge in [-0.15, -0.1) is 0 Å². The van der Waals surface area contributed by atoms with Crippen molar-refractivity contribution >= 4 is 21.4 Å². The summed E-state index contributed by atoms with van der Waals surface area (Å²) in [4.78, 5) is 2.55. The Morgan fingerprint density at radius 2 is 2.00 bits per heavy atom. The van der Waals surface area contributed by atoms with Crippen LogP contribution in [0, 0.1) is 5.92 Å². The summed E-state index contributed by atoms with van der Waals surface area (Å²) in [6, 6.07) is 6.65. The Morgan fingerprint density at radius 1 is 1.33 bits per heavy atom. The van der Waals surface area contributed by atoms with Gasteiger partial charge in [0.25, 0.3) is 0 Å². The van der Waals surface area contributed by atoms with Crippen LogP contribution in [0.4, 0.5) is 0 Å². The van der Waals surface area contributed by atoms with Crippen molar-refractivity contribution in [2.75, 3.05) is 25.4 Å². The normalized spacial score (nSPS) is 24.1. The van der Waals surface area contributed by atoms with Crippen LogP contribution in [0.15, 0.2) is 29.2 Å². The molecule has 1 aliphatic heterocycles. The molecule has 0 aromatic heterocycles. The van der Waals surface area contributed by atoms with Crippen molar-refractivity contribution < 1.29 is 8.42 Å². The molecule has 1 fully saturated rings. The fourth-order valence-electron chi connectivity index (χ4n) is 2.84. The highest BCUT2D eigenvalue weighted by atomic mass is 35.5. The molecule has 0 radical (unpaired) electrons. The van der Waals surface area contributed by atoms with Gasteiger partial charge in [-0.3, -0.25) is 4.90 Å². The number of rotatable bonds is 5. The number of nitrogens with two attached hydrogens (primary N) is 1. The summed E-state index contributed by atoms with van der Waals surface area (Å²) < 4.78 is 24.7. The van der Waals surface area contributed by atoms with Gasteiger partial charge in [0.2, 0.25) is 0 Å². The second-order valence-electron chi connectivity index (χ2n) is 5.83. The number of likely N-dealkylation sites (tertiary alicyclic amines) is 1. The third-order valence-electron chi connectivity index (χ3n) is 4.19. The van der Waals surface area contributed by atoms with Crippen LogP contribution in [0.2, 0.25) is 5.02 Å². The Kier molecular flexibility index (Phi) is 5.66. The molecular formula is C15H23ClN2O2S. The van der Waals surface area contributed by atoms with E-state index >= 15 is 0 Å². The summed E-state index contributed by atoms with van der Waals surface area (Å²) in [5.41, 5.74) is 5.82. The van der Waals surface area contributed by atoms with E-state index in [1.807, 2.05) is 0 Å². The monoisotopic (exact) mass is 330 g/mol. The van der Waals surface area contributed by atoms with Crippen LogP contribution in [0.1, 0.15) is 19.8 Å². The van der Waals surface area contributed by atoms with Crippen molar-refractivity contribution in [3.05, 3.63) is 29.3 Å². The molecule has 0 bridgehead atoms. The quantitative estimate of drug-likeness (QED) is 0.898.